The third kappa shape index (κ3) is 6.36. The number of aliphatic hydroxyl groups excluding tert-OH is 1. The van der Waals surface area contributed by atoms with Crippen LogP contribution in [0.3, 0.4) is 0 Å². The smallest absolute Gasteiger partial charge is 0.302 e. The zero-order valence-corrected chi connectivity index (χ0v) is 28.8. The molecule has 0 amide bonds. The van der Waals surface area contributed by atoms with Crippen molar-refractivity contribution in [1.29, 1.82) is 0 Å². The van der Waals surface area contributed by atoms with E-state index in [2.05, 4.69) is 23.5 Å². The fourth-order valence-electron chi connectivity index (χ4n) is 8.34. The number of carbonyl (C=O) groups excluding carboxylic acids is 1. The largest absolute Gasteiger partial charge is 0.508 e. The monoisotopic (exact) mass is 679 g/mol. The van der Waals surface area contributed by atoms with Gasteiger partial charge in [-0.15, -0.1) is 0 Å². The first-order valence-electron chi connectivity index (χ1n) is 17.5. The van der Waals surface area contributed by atoms with Gasteiger partial charge in [-0.05, 0) is 77.6 Å². The predicted octanol–water partition coefficient (Wildman–Crippen LogP) is 7.17. The number of esters is 1. The van der Waals surface area contributed by atoms with E-state index in [1.165, 1.54) is 26.9 Å². The van der Waals surface area contributed by atoms with Gasteiger partial charge in [0.05, 0.1) is 26.7 Å². The molecule has 3 atom stereocenters. The lowest BCUT2D eigenvalue weighted by molar-refractivity contribution is -0.141. The van der Waals surface area contributed by atoms with E-state index in [1.807, 2.05) is 24.3 Å². The van der Waals surface area contributed by atoms with Crippen LogP contribution in [-0.4, -0.2) is 42.1 Å². The summed E-state index contributed by atoms with van der Waals surface area (Å²) in [5, 5.41) is 35.1. The van der Waals surface area contributed by atoms with Gasteiger partial charge < -0.3 is 39.6 Å². The Morgan fingerprint density at radius 3 is 2.50 bits per heavy atom. The minimum Gasteiger partial charge on any atom is -0.508 e. The SMILES string of the molecule is COc1cc([C@H]2Oc3c(ccc4c3CCc3cc(O)cc(OC)c3-4)[C@H]2COC(C)=O)c(CN[C@@H](c2cccc(CO)c2)C2CCCC2)cc1O. The first kappa shape index (κ1) is 33.8. The highest BCUT2D eigenvalue weighted by Gasteiger charge is 2.41. The Kier molecular flexibility index (Phi) is 9.62. The van der Waals surface area contributed by atoms with E-state index in [0.29, 0.717) is 36.8 Å². The topological polar surface area (TPSA) is 127 Å². The maximum atomic E-state index is 12.1. The van der Waals surface area contributed by atoms with Crippen LogP contribution in [0, 0.1) is 5.92 Å². The lowest BCUT2D eigenvalue weighted by Crippen LogP contribution is -2.28. The maximum absolute atomic E-state index is 12.1. The Bertz CT molecular complexity index is 1880. The van der Waals surface area contributed by atoms with Gasteiger partial charge in [0.2, 0.25) is 0 Å². The van der Waals surface area contributed by atoms with Crippen molar-refractivity contribution in [3.8, 4) is 39.9 Å². The molecule has 0 radical (unpaired) electrons. The number of fused-ring (bicyclic) bond motifs is 5. The number of hydrogen-bond acceptors (Lipinski definition) is 9. The van der Waals surface area contributed by atoms with Crippen LogP contribution in [0.4, 0.5) is 0 Å². The normalized spacial score (nSPS) is 18.5. The van der Waals surface area contributed by atoms with E-state index in [1.54, 1.807) is 25.3 Å². The summed E-state index contributed by atoms with van der Waals surface area (Å²) in [6.07, 6.45) is 5.48. The molecule has 1 saturated carbocycles. The van der Waals surface area contributed by atoms with Gasteiger partial charge in [-0.1, -0.05) is 49.2 Å². The molecule has 262 valence electrons. The van der Waals surface area contributed by atoms with Gasteiger partial charge in [-0.3, -0.25) is 4.79 Å². The standard InChI is InChI=1S/C41H45NO8/c1-23(44)49-22-34-32-14-13-30-31(12-11-26-16-29(45)18-37(48-3)38(26)30)40(32)50-41(34)33-19-36(47-2)35(46)17-28(33)20-42-39(25-8-4-5-9-25)27-10-6-7-24(15-27)21-43/h6-7,10,13-19,25,34,39,41-43,45-46H,4-5,8-9,11-12,20-22H2,1-3H3/t34-,39-,41-/m1/s1. The summed E-state index contributed by atoms with van der Waals surface area (Å²) in [5.41, 5.74) is 8.64. The molecule has 4 aromatic carbocycles. The molecule has 0 unspecified atom stereocenters. The summed E-state index contributed by atoms with van der Waals surface area (Å²) in [6, 6.07) is 19.3. The average molecular weight is 680 g/mol. The van der Waals surface area contributed by atoms with Crippen molar-refractivity contribution in [2.75, 3.05) is 20.8 Å². The van der Waals surface area contributed by atoms with Crippen LogP contribution in [0.5, 0.6) is 28.7 Å². The number of aryl methyl sites for hydroxylation is 1. The fourth-order valence-corrected chi connectivity index (χ4v) is 8.34. The summed E-state index contributed by atoms with van der Waals surface area (Å²) in [5.74, 6) is 1.65. The summed E-state index contributed by atoms with van der Waals surface area (Å²) >= 11 is 0. The first-order chi connectivity index (χ1) is 24.3. The van der Waals surface area contributed by atoms with Crippen LogP contribution in [0.1, 0.15) is 89.6 Å². The van der Waals surface area contributed by atoms with Gasteiger partial charge in [0.15, 0.2) is 11.5 Å². The molecule has 3 aliphatic rings. The third-order valence-electron chi connectivity index (χ3n) is 10.7. The highest BCUT2D eigenvalue weighted by Crippen LogP contribution is 2.54. The number of aromatic hydroxyl groups is 2. The molecule has 2 aliphatic carbocycles. The molecule has 9 nitrogen and oxygen atoms in total. The minimum atomic E-state index is -0.534. The Morgan fingerprint density at radius 1 is 0.960 bits per heavy atom. The van der Waals surface area contributed by atoms with Crippen LogP contribution in [0.25, 0.3) is 11.1 Å². The molecule has 7 rings (SSSR count). The van der Waals surface area contributed by atoms with Crippen molar-refractivity contribution in [2.45, 2.75) is 76.7 Å². The Hall–Kier alpha value is -4.73. The van der Waals surface area contributed by atoms with E-state index in [9.17, 15) is 20.1 Å². The number of rotatable bonds is 11. The minimum absolute atomic E-state index is 0.0183. The van der Waals surface area contributed by atoms with Crippen molar-refractivity contribution in [2.24, 2.45) is 5.92 Å². The Labute approximate surface area is 292 Å². The molecule has 1 heterocycles. The molecule has 0 saturated heterocycles. The molecular weight excluding hydrogens is 634 g/mol. The van der Waals surface area contributed by atoms with Gasteiger partial charge in [0.1, 0.15) is 30.0 Å². The highest BCUT2D eigenvalue weighted by atomic mass is 16.5. The van der Waals surface area contributed by atoms with Gasteiger partial charge in [0.25, 0.3) is 0 Å². The number of carbonyl (C=O) groups is 1. The van der Waals surface area contributed by atoms with Crippen molar-refractivity contribution in [1.82, 2.24) is 5.32 Å². The summed E-state index contributed by atoms with van der Waals surface area (Å²) in [4.78, 5) is 12.1. The predicted molar refractivity (Wildman–Crippen MR) is 189 cm³/mol. The zero-order chi connectivity index (χ0) is 34.9. The van der Waals surface area contributed by atoms with Crippen molar-refractivity contribution >= 4 is 5.97 Å². The number of ether oxygens (including phenoxy) is 4. The number of benzene rings is 4. The van der Waals surface area contributed by atoms with Gasteiger partial charge in [-0.2, -0.15) is 0 Å². The Balaban J connectivity index is 1.29. The molecule has 4 aromatic rings. The number of hydrogen-bond donors (Lipinski definition) is 4. The number of methoxy groups -OCH3 is 2. The molecule has 0 bridgehead atoms. The number of nitrogens with one attached hydrogen (secondary N) is 1. The van der Waals surface area contributed by atoms with Crippen LogP contribution in [0.15, 0.2) is 60.7 Å². The lowest BCUT2D eigenvalue weighted by Gasteiger charge is -2.28. The van der Waals surface area contributed by atoms with Crippen LogP contribution in [-0.2, 0) is 35.5 Å². The van der Waals surface area contributed by atoms with Gasteiger partial charge >= 0.3 is 5.97 Å². The summed E-state index contributed by atoms with van der Waals surface area (Å²) in [6.45, 7) is 1.95. The molecule has 50 heavy (non-hydrogen) atoms. The molecular formula is C41H45NO8. The second-order valence-corrected chi connectivity index (χ2v) is 13.7. The lowest BCUT2D eigenvalue weighted by atomic mass is 9.81. The van der Waals surface area contributed by atoms with E-state index >= 15 is 0 Å². The van der Waals surface area contributed by atoms with Crippen LogP contribution >= 0.6 is 0 Å². The molecule has 4 N–H and O–H groups in total. The van der Waals surface area contributed by atoms with Gasteiger partial charge in [-0.25, -0.2) is 0 Å². The van der Waals surface area contributed by atoms with Crippen LogP contribution < -0.4 is 19.5 Å². The molecule has 0 spiro atoms. The van der Waals surface area contributed by atoms with Crippen molar-refractivity contribution < 1.29 is 39.1 Å². The van der Waals surface area contributed by atoms with Crippen molar-refractivity contribution in [3.63, 3.8) is 0 Å². The quantitative estimate of drug-likeness (QED) is 0.122. The molecule has 1 fully saturated rings. The second-order valence-electron chi connectivity index (χ2n) is 13.7. The van der Waals surface area contributed by atoms with E-state index < -0.39 is 6.10 Å². The first-order valence-corrected chi connectivity index (χ1v) is 17.5. The highest BCUT2D eigenvalue weighted by molar-refractivity contribution is 5.82. The number of phenolic OH excluding ortho intramolecular Hbond substituents is 2. The Morgan fingerprint density at radius 2 is 1.76 bits per heavy atom. The molecule has 9 heteroatoms. The molecule has 0 aromatic heterocycles. The summed E-state index contributed by atoms with van der Waals surface area (Å²) in [7, 11) is 3.13. The summed E-state index contributed by atoms with van der Waals surface area (Å²) < 4.78 is 24.0. The van der Waals surface area contributed by atoms with E-state index in [-0.39, 0.29) is 42.6 Å². The van der Waals surface area contributed by atoms with Gasteiger partial charge in [0, 0.05) is 47.8 Å². The zero-order valence-electron chi connectivity index (χ0n) is 28.8. The van der Waals surface area contributed by atoms with E-state index in [4.69, 9.17) is 18.9 Å². The number of phenols is 2. The maximum Gasteiger partial charge on any atom is 0.302 e. The average Bonchev–Trinajstić information content (AvgIpc) is 3.79. The third-order valence-corrected chi connectivity index (χ3v) is 10.7. The van der Waals surface area contributed by atoms with Crippen LogP contribution in [0.2, 0.25) is 0 Å². The number of aliphatic hydroxyl groups is 1. The second kappa shape index (κ2) is 14.2. The van der Waals surface area contributed by atoms with E-state index in [0.717, 1.165) is 68.7 Å². The molecule has 1 aliphatic heterocycles. The van der Waals surface area contributed by atoms with Crippen molar-refractivity contribution in [3.05, 3.63) is 99.6 Å². The fraction of sp³-hybridized carbons (Fsp3) is 0.390.